The van der Waals surface area contributed by atoms with Gasteiger partial charge in [0.25, 0.3) is 0 Å². The Morgan fingerprint density at radius 2 is 1.90 bits per heavy atom. The summed E-state index contributed by atoms with van der Waals surface area (Å²) in [6, 6.07) is 2.54. The fraction of sp³-hybridized carbons (Fsp3) is 0.571. The molecule has 0 bridgehead atoms. The molecule has 1 aromatic carbocycles. The van der Waals surface area contributed by atoms with E-state index < -0.39 is 17.6 Å². The van der Waals surface area contributed by atoms with Crippen molar-refractivity contribution in [1.82, 2.24) is 10.6 Å². The third kappa shape index (κ3) is 2.67. The zero-order chi connectivity index (χ0) is 14.3. The van der Waals surface area contributed by atoms with Crippen molar-refractivity contribution in [3.63, 3.8) is 0 Å². The van der Waals surface area contributed by atoms with Gasteiger partial charge >= 0.3 is 6.18 Å². The first-order valence-corrected chi connectivity index (χ1v) is 6.74. The summed E-state index contributed by atoms with van der Waals surface area (Å²) in [6.07, 6.45) is -4.43. The van der Waals surface area contributed by atoms with E-state index >= 15 is 0 Å². The van der Waals surface area contributed by atoms with Crippen molar-refractivity contribution in [3.05, 3.63) is 35.1 Å². The number of benzene rings is 1. The molecule has 20 heavy (non-hydrogen) atoms. The van der Waals surface area contributed by atoms with Gasteiger partial charge in [-0.25, -0.2) is 4.39 Å². The van der Waals surface area contributed by atoms with E-state index in [1.165, 1.54) is 0 Å². The van der Waals surface area contributed by atoms with Crippen LogP contribution in [-0.2, 0) is 12.7 Å². The second-order valence-corrected chi connectivity index (χ2v) is 5.58. The number of rotatable bonds is 4. The van der Waals surface area contributed by atoms with Crippen molar-refractivity contribution in [2.24, 2.45) is 17.8 Å². The van der Waals surface area contributed by atoms with Crippen LogP contribution in [0.4, 0.5) is 17.6 Å². The molecule has 1 aliphatic carbocycles. The highest BCUT2D eigenvalue weighted by Crippen LogP contribution is 2.48. The van der Waals surface area contributed by atoms with E-state index in [9.17, 15) is 17.6 Å². The molecule has 1 heterocycles. The molecule has 1 aromatic rings. The molecule has 0 radical (unpaired) electrons. The van der Waals surface area contributed by atoms with Crippen LogP contribution in [0.5, 0.6) is 0 Å². The van der Waals surface area contributed by atoms with E-state index in [1.807, 2.05) is 0 Å². The van der Waals surface area contributed by atoms with Crippen molar-refractivity contribution < 1.29 is 17.6 Å². The normalized spacial score (nSPS) is 28.5. The third-order valence-corrected chi connectivity index (χ3v) is 4.34. The number of fused-ring (bicyclic) bond motifs is 1. The Kier molecular flexibility index (Phi) is 3.46. The Balaban J connectivity index is 1.56. The van der Waals surface area contributed by atoms with Crippen molar-refractivity contribution >= 4 is 0 Å². The molecule has 0 amide bonds. The van der Waals surface area contributed by atoms with Gasteiger partial charge in [-0.3, -0.25) is 0 Å². The number of alkyl halides is 3. The summed E-state index contributed by atoms with van der Waals surface area (Å²) in [5, 5.41) is 6.36. The molecule has 0 aromatic heterocycles. The first kappa shape index (κ1) is 13.8. The Morgan fingerprint density at radius 1 is 1.20 bits per heavy atom. The van der Waals surface area contributed by atoms with Gasteiger partial charge in [-0.2, -0.15) is 13.2 Å². The van der Waals surface area contributed by atoms with E-state index in [1.54, 1.807) is 0 Å². The summed E-state index contributed by atoms with van der Waals surface area (Å²) in [5.74, 6) is 1.37. The van der Waals surface area contributed by atoms with Gasteiger partial charge in [-0.05, 0) is 55.6 Å². The van der Waals surface area contributed by atoms with Crippen LogP contribution < -0.4 is 10.6 Å². The van der Waals surface area contributed by atoms with Gasteiger partial charge in [0.1, 0.15) is 5.82 Å². The fourth-order valence-electron chi connectivity index (χ4n) is 3.11. The number of hydrogen-bond acceptors (Lipinski definition) is 2. The van der Waals surface area contributed by atoms with Crippen LogP contribution in [-0.4, -0.2) is 19.6 Å². The zero-order valence-electron chi connectivity index (χ0n) is 10.8. The predicted octanol–water partition coefficient (Wildman–Crippen LogP) is 2.40. The highest BCUT2D eigenvalue weighted by Gasteiger charge is 2.51. The molecule has 2 atom stereocenters. The number of piperidine rings is 1. The maximum atomic E-state index is 13.5. The minimum absolute atomic E-state index is 0.0729. The molecule has 2 nitrogen and oxygen atoms in total. The van der Waals surface area contributed by atoms with Gasteiger partial charge in [0.05, 0.1) is 5.56 Å². The number of nitrogens with one attached hydrogen (secondary N) is 2. The van der Waals surface area contributed by atoms with Gasteiger partial charge in [-0.1, -0.05) is 0 Å². The highest BCUT2D eigenvalue weighted by molar-refractivity contribution is 5.27. The van der Waals surface area contributed by atoms with Crippen LogP contribution >= 0.6 is 0 Å². The molecule has 1 aliphatic heterocycles. The second-order valence-electron chi connectivity index (χ2n) is 5.58. The van der Waals surface area contributed by atoms with Gasteiger partial charge in [0.15, 0.2) is 0 Å². The van der Waals surface area contributed by atoms with E-state index in [0.29, 0.717) is 17.8 Å². The van der Waals surface area contributed by atoms with Crippen molar-refractivity contribution in [1.29, 1.82) is 0 Å². The number of hydrogen-bond donors (Lipinski definition) is 2. The second kappa shape index (κ2) is 5.00. The van der Waals surface area contributed by atoms with Gasteiger partial charge in [-0.15, -0.1) is 0 Å². The quantitative estimate of drug-likeness (QED) is 0.831. The van der Waals surface area contributed by atoms with E-state index in [-0.39, 0.29) is 12.1 Å². The first-order valence-electron chi connectivity index (χ1n) is 6.74. The van der Waals surface area contributed by atoms with Gasteiger partial charge in [0.2, 0.25) is 0 Å². The average Bonchev–Trinajstić information content (AvgIpc) is 2.82. The molecule has 2 fully saturated rings. The smallest absolute Gasteiger partial charge is 0.316 e. The SMILES string of the molecule is Fc1ccc(C(F)(F)F)cc1CNCC1C2CNCC12. The average molecular weight is 288 g/mol. The van der Waals surface area contributed by atoms with Crippen molar-refractivity contribution in [2.75, 3.05) is 19.6 Å². The minimum atomic E-state index is -4.43. The van der Waals surface area contributed by atoms with Crippen molar-refractivity contribution in [3.8, 4) is 0 Å². The Morgan fingerprint density at radius 3 is 2.55 bits per heavy atom. The summed E-state index contributed by atoms with van der Waals surface area (Å²) in [4.78, 5) is 0. The predicted molar refractivity (Wildman–Crippen MR) is 66.4 cm³/mol. The van der Waals surface area contributed by atoms with E-state index in [2.05, 4.69) is 10.6 Å². The Labute approximate surface area is 114 Å². The highest BCUT2D eigenvalue weighted by atomic mass is 19.4. The van der Waals surface area contributed by atoms with Crippen LogP contribution in [0.25, 0.3) is 0 Å². The van der Waals surface area contributed by atoms with E-state index in [0.717, 1.165) is 37.8 Å². The largest absolute Gasteiger partial charge is 0.416 e. The Bertz CT molecular complexity index is 490. The van der Waals surface area contributed by atoms with Crippen LogP contribution in [0.15, 0.2) is 18.2 Å². The first-order chi connectivity index (χ1) is 9.47. The minimum Gasteiger partial charge on any atom is -0.316 e. The van der Waals surface area contributed by atoms with Crippen LogP contribution in [0.2, 0.25) is 0 Å². The molecular formula is C14H16F4N2. The lowest BCUT2D eigenvalue weighted by Gasteiger charge is -2.11. The molecular weight excluding hydrogens is 272 g/mol. The lowest BCUT2D eigenvalue weighted by molar-refractivity contribution is -0.137. The molecule has 6 heteroatoms. The van der Waals surface area contributed by atoms with Crippen molar-refractivity contribution in [2.45, 2.75) is 12.7 Å². The molecule has 1 saturated heterocycles. The maximum Gasteiger partial charge on any atom is 0.416 e. The third-order valence-electron chi connectivity index (χ3n) is 4.34. The standard InChI is InChI=1S/C14H16F4N2/c15-13-2-1-9(14(16,17)18)3-8(13)4-19-5-10-11-6-20-7-12(10)11/h1-3,10-12,19-20H,4-7H2. The van der Waals surface area contributed by atoms with Gasteiger partial charge in [0, 0.05) is 12.1 Å². The summed E-state index contributed by atoms with van der Waals surface area (Å²) in [5.41, 5.74) is -0.730. The van der Waals surface area contributed by atoms with Gasteiger partial charge < -0.3 is 10.6 Å². The molecule has 2 N–H and O–H groups in total. The molecule has 2 aliphatic rings. The number of halogens is 4. The van der Waals surface area contributed by atoms with Crippen LogP contribution in [0.1, 0.15) is 11.1 Å². The van der Waals surface area contributed by atoms with Crippen LogP contribution in [0.3, 0.4) is 0 Å². The topological polar surface area (TPSA) is 24.1 Å². The maximum absolute atomic E-state index is 13.5. The fourth-order valence-corrected chi connectivity index (χ4v) is 3.11. The molecule has 3 rings (SSSR count). The summed E-state index contributed by atoms with van der Waals surface area (Å²) >= 11 is 0. The lowest BCUT2D eigenvalue weighted by Crippen LogP contribution is -2.23. The lowest BCUT2D eigenvalue weighted by atomic mass is 10.1. The summed E-state index contributed by atoms with van der Waals surface area (Å²) in [7, 11) is 0. The van der Waals surface area contributed by atoms with E-state index in [4.69, 9.17) is 0 Å². The molecule has 110 valence electrons. The molecule has 2 unspecified atom stereocenters. The Hall–Kier alpha value is -1.14. The summed E-state index contributed by atoms with van der Waals surface area (Å²) in [6.45, 7) is 2.93. The monoisotopic (exact) mass is 288 g/mol. The zero-order valence-corrected chi connectivity index (χ0v) is 10.8. The van der Waals surface area contributed by atoms with Crippen LogP contribution in [0, 0.1) is 23.6 Å². The molecule has 1 saturated carbocycles. The molecule has 0 spiro atoms. The summed E-state index contributed by atoms with van der Waals surface area (Å²) < 4.78 is 51.2.